The summed E-state index contributed by atoms with van der Waals surface area (Å²) in [5.41, 5.74) is 0. The molecule has 0 unspecified atom stereocenters. The van der Waals surface area contributed by atoms with Gasteiger partial charge in [0, 0.05) is 39.3 Å². The molecule has 11 heteroatoms. The summed E-state index contributed by atoms with van der Waals surface area (Å²) in [4.78, 5) is 17.0. The Labute approximate surface area is 192 Å². The van der Waals surface area contributed by atoms with Crippen molar-refractivity contribution < 1.29 is 22.3 Å². The number of hydrogen-bond acceptors (Lipinski definition) is 6. The molecular formula is C20H29ClFN3O4S2. The van der Waals surface area contributed by atoms with Gasteiger partial charge in [-0.1, -0.05) is 11.6 Å². The lowest BCUT2D eigenvalue weighted by Crippen LogP contribution is -2.55. The number of amides is 1. The molecule has 0 radical (unpaired) electrons. The summed E-state index contributed by atoms with van der Waals surface area (Å²) < 4.78 is 47.2. The van der Waals surface area contributed by atoms with Crippen LogP contribution in [0.5, 0.6) is 0 Å². The van der Waals surface area contributed by atoms with Gasteiger partial charge in [-0.2, -0.15) is 16.5 Å². The van der Waals surface area contributed by atoms with Crippen molar-refractivity contribution in [2.24, 2.45) is 0 Å². The molecule has 2 saturated heterocycles. The number of nitrogens with zero attached hydrogens (tertiary/aromatic N) is 2. The van der Waals surface area contributed by atoms with E-state index in [1.54, 1.807) is 4.90 Å². The first-order valence-electron chi connectivity index (χ1n) is 10.4. The van der Waals surface area contributed by atoms with E-state index in [1.165, 1.54) is 11.8 Å². The highest BCUT2D eigenvalue weighted by Gasteiger charge is 2.32. The number of thioether (sulfide) groups is 1. The van der Waals surface area contributed by atoms with Crippen LogP contribution in [0, 0.1) is 5.82 Å². The Hall–Kier alpha value is -0.910. The average molecular weight is 494 g/mol. The van der Waals surface area contributed by atoms with E-state index in [2.05, 4.69) is 9.62 Å². The lowest BCUT2D eigenvalue weighted by molar-refractivity contribution is -0.135. The monoisotopic (exact) mass is 493 g/mol. The van der Waals surface area contributed by atoms with Gasteiger partial charge in [0.05, 0.1) is 16.0 Å². The maximum atomic E-state index is 13.4. The number of sulfonamides is 1. The molecule has 31 heavy (non-hydrogen) atoms. The second-order valence-electron chi connectivity index (χ2n) is 7.79. The van der Waals surface area contributed by atoms with Crippen molar-refractivity contribution in [2.75, 3.05) is 51.3 Å². The van der Waals surface area contributed by atoms with Gasteiger partial charge in [-0.15, -0.1) is 0 Å². The fraction of sp³-hybridized carbons (Fsp3) is 0.650. The molecule has 0 saturated carbocycles. The van der Waals surface area contributed by atoms with Gasteiger partial charge in [0.25, 0.3) is 0 Å². The van der Waals surface area contributed by atoms with Crippen molar-refractivity contribution >= 4 is 39.3 Å². The molecule has 2 heterocycles. The van der Waals surface area contributed by atoms with Crippen LogP contribution in [0.2, 0.25) is 5.02 Å². The predicted octanol–water partition coefficient (Wildman–Crippen LogP) is 2.20. The smallest absolute Gasteiger partial charge is 0.241 e. The van der Waals surface area contributed by atoms with Gasteiger partial charge in [-0.25, -0.2) is 12.8 Å². The van der Waals surface area contributed by atoms with Gasteiger partial charge in [0.15, 0.2) is 0 Å². The molecule has 1 aromatic rings. The van der Waals surface area contributed by atoms with E-state index in [9.17, 15) is 17.6 Å². The first kappa shape index (κ1) is 24.7. The zero-order chi connectivity index (χ0) is 22.4. The van der Waals surface area contributed by atoms with Crippen molar-refractivity contribution in [2.45, 2.75) is 36.3 Å². The quantitative estimate of drug-likeness (QED) is 0.568. The summed E-state index contributed by atoms with van der Waals surface area (Å²) in [5, 5.41) is -0.280. The third-order valence-electron chi connectivity index (χ3n) is 5.58. The standard InChI is InChI=1S/C20H29ClFN3O4S2/c1-30-12-6-19(23-31(27,28)16-4-5-18(22)17(21)13-16)20(26)25-9-7-24(8-10-25)14-15-3-2-11-29-15/h4-5,13,15,19,23H,2-3,6-12,14H2,1H3/t15-,19-/m1/s1. The van der Waals surface area contributed by atoms with Crippen LogP contribution in [0.25, 0.3) is 0 Å². The molecule has 2 atom stereocenters. The number of benzene rings is 1. The highest BCUT2D eigenvalue weighted by atomic mass is 35.5. The number of carbonyl (C=O) groups excluding carboxylic acids is 1. The summed E-state index contributed by atoms with van der Waals surface area (Å²) in [6.07, 6.45) is 4.71. The van der Waals surface area contributed by atoms with E-state index in [1.807, 2.05) is 6.26 Å². The van der Waals surface area contributed by atoms with Gasteiger partial charge in [0.1, 0.15) is 11.9 Å². The number of nitrogens with one attached hydrogen (secondary N) is 1. The Morgan fingerprint density at radius 3 is 2.71 bits per heavy atom. The van der Waals surface area contributed by atoms with E-state index < -0.39 is 21.9 Å². The minimum atomic E-state index is -4.02. The summed E-state index contributed by atoms with van der Waals surface area (Å²) in [7, 11) is -4.02. The van der Waals surface area contributed by atoms with E-state index >= 15 is 0 Å². The van der Waals surface area contributed by atoms with Crippen molar-refractivity contribution in [3.8, 4) is 0 Å². The maximum absolute atomic E-state index is 13.4. The average Bonchev–Trinajstić information content (AvgIpc) is 3.26. The lowest BCUT2D eigenvalue weighted by atomic mass is 10.1. The van der Waals surface area contributed by atoms with Crippen molar-refractivity contribution in [3.05, 3.63) is 29.0 Å². The van der Waals surface area contributed by atoms with Crippen LogP contribution in [-0.2, 0) is 19.6 Å². The highest BCUT2D eigenvalue weighted by Crippen LogP contribution is 2.21. The molecule has 2 fully saturated rings. The van der Waals surface area contributed by atoms with Crippen molar-refractivity contribution in [1.82, 2.24) is 14.5 Å². The minimum absolute atomic E-state index is 0.165. The number of ether oxygens (including phenoxy) is 1. The lowest BCUT2D eigenvalue weighted by Gasteiger charge is -2.37. The normalized spacial score (nSPS) is 21.4. The fourth-order valence-electron chi connectivity index (χ4n) is 3.82. The molecule has 3 rings (SSSR count). The summed E-state index contributed by atoms with van der Waals surface area (Å²) in [5.74, 6) is -0.304. The van der Waals surface area contributed by atoms with E-state index in [4.69, 9.17) is 16.3 Å². The van der Waals surface area contributed by atoms with Crippen LogP contribution in [0.3, 0.4) is 0 Å². The number of carbonyl (C=O) groups is 1. The van der Waals surface area contributed by atoms with Crippen LogP contribution in [-0.4, -0.2) is 87.6 Å². The third-order valence-corrected chi connectivity index (χ3v) is 7.98. The van der Waals surface area contributed by atoms with Gasteiger partial charge >= 0.3 is 0 Å². The minimum Gasteiger partial charge on any atom is -0.377 e. The number of halogens is 2. The number of rotatable bonds is 9. The van der Waals surface area contributed by atoms with Crippen LogP contribution < -0.4 is 4.72 Å². The Morgan fingerprint density at radius 2 is 2.10 bits per heavy atom. The van der Waals surface area contributed by atoms with Crippen molar-refractivity contribution in [1.29, 1.82) is 0 Å². The second kappa shape index (κ2) is 11.3. The Balaban J connectivity index is 1.62. The molecule has 1 aromatic carbocycles. The fourth-order valence-corrected chi connectivity index (χ4v) is 5.78. The van der Waals surface area contributed by atoms with Crippen LogP contribution in [0.4, 0.5) is 4.39 Å². The highest BCUT2D eigenvalue weighted by molar-refractivity contribution is 7.98. The SMILES string of the molecule is CSCC[C@@H](NS(=O)(=O)c1ccc(F)c(Cl)c1)C(=O)N1CCN(C[C@H]2CCCO2)CC1. The topological polar surface area (TPSA) is 79.0 Å². The van der Waals surface area contributed by atoms with E-state index in [0.717, 1.165) is 57.3 Å². The summed E-state index contributed by atoms with van der Waals surface area (Å²) in [6, 6.07) is 2.32. The Kier molecular flexibility index (Phi) is 9.01. The van der Waals surface area contributed by atoms with Gasteiger partial charge < -0.3 is 9.64 Å². The van der Waals surface area contributed by atoms with Crippen LogP contribution in [0.15, 0.2) is 23.1 Å². The Bertz CT molecular complexity index is 860. The molecular weight excluding hydrogens is 465 g/mol. The van der Waals surface area contributed by atoms with Crippen LogP contribution >= 0.6 is 23.4 Å². The van der Waals surface area contributed by atoms with Crippen molar-refractivity contribution in [3.63, 3.8) is 0 Å². The molecule has 2 aliphatic heterocycles. The largest absolute Gasteiger partial charge is 0.377 e. The number of piperazine rings is 1. The van der Waals surface area contributed by atoms with Gasteiger partial charge in [-0.3, -0.25) is 9.69 Å². The maximum Gasteiger partial charge on any atom is 0.241 e. The summed E-state index contributed by atoms with van der Waals surface area (Å²) >= 11 is 7.28. The van der Waals surface area contributed by atoms with Gasteiger partial charge in [0.2, 0.25) is 15.9 Å². The zero-order valence-electron chi connectivity index (χ0n) is 17.6. The predicted molar refractivity (Wildman–Crippen MR) is 121 cm³/mol. The summed E-state index contributed by atoms with van der Waals surface area (Å²) in [6.45, 7) is 4.26. The molecule has 0 spiro atoms. The third kappa shape index (κ3) is 6.79. The molecule has 1 amide bonds. The molecule has 174 valence electrons. The molecule has 0 aliphatic carbocycles. The molecule has 2 aliphatic rings. The van der Waals surface area contributed by atoms with Gasteiger partial charge in [-0.05, 0) is 49.5 Å². The molecule has 0 bridgehead atoms. The Morgan fingerprint density at radius 1 is 1.35 bits per heavy atom. The second-order valence-corrected chi connectivity index (χ2v) is 10.9. The molecule has 7 nitrogen and oxygen atoms in total. The van der Waals surface area contributed by atoms with Crippen LogP contribution in [0.1, 0.15) is 19.3 Å². The first-order chi connectivity index (χ1) is 14.8. The van der Waals surface area contributed by atoms with E-state index in [-0.39, 0.29) is 21.9 Å². The zero-order valence-corrected chi connectivity index (χ0v) is 19.9. The first-order valence-corrected chi connectivity index (χ1v) is 13.6. The number of hydrogen-bond donors (Lipinski definition) is 1. The molecule has 0 aromatic heterocycles. The molecule has 1 N–H and O–H groups in total. The van der Waals surface area contributed by atoms with E-state index in [0.29, 0.717) is 25.3 Å².